The Labute approximate surface area is 107 Å². The highest BCUT2D eigenvalue weighted by molar-refractivity contribution is 7.89. The molecule has 4 nitrogen and oxygen atoms in total. The van der Waals surface area contributed by atoms with Crippen LogP contribution >= 0.6 is 12.4 Å². The van der Waals surface area contributed by atoms with Gasteiger partial charge in [0.05, 0.1) is 18.8 Å². The van der Waals surface area contributed by atoms with Crippen molar-refractivity contribution in [3.63, 3.8) is 0 Å². The van der Waals surface area contributed by atoms with E-state index in [9.17, 15) is 17.2 Å². The molecule has 0 amide bonds. The van der Waals surface area contributed by atoms with Crippen LogP contribution in [0.2, 0.25) is 0 Å². The van der Waals surface area contributed by atoms with Crippen LogP contribution in [0.4, 0.5) is 8.78 Å². The van der Waals surface area contributed by atoms with Gasteiger partial charge < -0.3 is 5.73 Å². The van der Waals surface area contributed by atoms with Crippen molar-refractivity contribution in [1.82, 2.24) is 4.72 Å². The molecular formula is C9H19ClF2N2O2S. The van der Waals surface area contributed by atoms with Gasteiger partial charge in [0, 0.05) is 0 Å². The van der Waals surface area contributed by atoms with Crippen molar-refractivity contribution in [3.05, 3.63) is 0 Å². The van der Waals surface area contributed by atoms with E-state index in [0.29, 0.717) is 12.3 Å². The predicted molar refractivity (Wildman–Crippen MR) is 65.0 cm³/mol. The van der Waals surface area contributed by atoms with Crippen molar-refractivity contribution in [3.8, 4) is 0 Å². The van der Waals surface area contributed by atoms with Crippen molar-refractivity contribution in [1.29, 1.82) is 0 Å². The van der Waals surface area contributed by atoms with Gasteiger partial charge in [-0.3, -0.25) is 0 Å². The van der Waals surface area contributed by atoms with Gasteiger partial charge in [-0.2, -0.15) is 0 Å². The average molecular weight is 293 g/mol. The van der Waals surface area contributed by atoms with E-state index in [2.05, 4.69) is 0 Å². The van der Waals surface area contributed by atoms with Gasteiger partial charge in [0.25, 0.3) is 5.92 Å². The minimum atomic E-state index is -3.58. The Morgan fingerprint density at radius 2 is 1.94 bits per heavy atom. The largest absolute Gasteiger partial charge is 0.325 e. The molecule has 104 valence electrons. The van der Waals surface area contributed by atoms with Crippen molar-refractivity contribution >= 4 is 22.4 Å². The SMILES string of the molecule is Cl.NCC(F)(F)CNS(=O)(=O)CCC1CCC1. The molecule has 1 fully saturated rings. The summed E-state index contributed by atoms with van der Waals surface area (Å²) >= 11 is 0. The summed E-state index contributed by atoms with van der Waals surface area (Å²) in [6.45, 7) is -1.76. The summed E-state index contributed by atoms with van der Waals surface area (Å²) in [5.74, 6) is -2.78. The first-order chi connectivity index (χ1) is 7.35. The summed E-state index contributed by atoms with van der Waals surface area (Å²) < 4.78 is 50.0. The van der Waals surface area contributed by atoms with E-state index in [1.807, 2.05) is 4.72 Å². The minimum absolute atomic E-state index is 0. The van der Waals surface area contributed by atoms with Crippen LogP contribution in [-0.2, 0) is 10.0 Å². The molecule has 8 heteroatoms. The summed E-state index contributed by atoms with van der Waals surface area (Å²) in [5.41, 5.74) is 4.80. The monoisotopic (exact) mass is 292 g/mol. The topological polar surface area (TPSA) is 72.2 Å². The Balaban J connectivity index is 0.00000256. The number of rotatable bonds is 7. The number of halogens is 3. The summed E-state index contributed by atoms with van der Waals surface area (Å²) in [5, 5.41) is 0. The Morgan fingerprint density at radius 3 is 2.35 bits per heavy atom. The van der Waals surface area contributed by atoms with Gasteiger partial charge >= 0.3 is 0 Å². The fourth-order valence-corrected chi connectivity index (χ4v) is 2.68. The maximum atomic E-state index is 12.7. The molecule has 0 aromatic heterocycles. The van der Waals surface area contributed by atoms with E-state index in [0.717, 1.165) is 19.3 Å². The van der Waals surface area contributed by atoms with Crippen LogP contribution < -0.4 is 10.5 Å². The first-order valence-corrected chi connectivity index (χ1v) is 7.05. The fourth-order valence-electron chi connectivity index (χ4n) is 1.46. The fraction of sp³-hybridized carbons (Fsp3) is 1.00. The van der Waals surface area contributed by atoms with Crippen molar-refractivity contribution in [2.45, 2.75) is 31.6 Å². The lowest BCUT2D eigenvalue weighted by atomic mass is 9.84. The summed E-state index contributed by atoms with van der Waals surface area (Å²) in [4.78, 5) is 0. The molecule has 0 aliphatic heterocycles. The maximum Gasteiger partial charge on any atom is 0.273 e. The van der Waals surface area contributed by atoms with Crippen LogP contribution in [0.1, 0.15) is 25.7 Å². The average Bonchev–Trinajstić information content (AvgIpc) is 2.13. The third-order valence-electron chi connectivity index (χ3n) is 2.87. The predicted octanol–water partition coefficient (Wildman–Crippen LogP) is 1.11. The van der Waals surface area contributed by atoms with Gasteiger partial charge in [-0.25, -0.2) is 21.9 Å². The Kier molecular flexibility index (Phi) is 6.83. The molecule has 1 aliphatic rings. The molecule has 17 heavy (non-hydrogen) atoms. The van der Waals surface area contributed by atoms with Gasteiger partial charge in [-0.1, -0.05) is 19.3 Å². The van der Waals surface area contributed by atoms with E-state index in [1.54, 1.807) is 0 Å². The summed E-state index contributed by atoms with van der Waals surface area (Å²) in [6.07, 6.45) is 3.80. The van der Waals surface area contributed by atoms with Crippen LogP contribution in [0.15, 0.2) is 0 Å². The summed E-state index contributed by atoms with van der Waals surface area (Å²) in [6, 6.07) is 0. The minimum Gasteiger partial charge on any atom is -0.325 e. The van der Waals surface area contributed by atoms with E-state index in [1.165, 1.54) is 0 Å². The summed E-state index contributed by atoms with van der Waals surface area (Å²) in [7, 11) is -3.58. The highest BCUT2D eigenvalue weighted by Gasteiger charge is 2.29. The first kappa shape index (κ1) is 17.0. The molecule has 0 aromatic rings. The number of nitrogens with two attached hydrogens (primary N) is 1. The Morgan fingerprint density at radius 1 is 1.35 bits per heavy atom. The molecule has 1 aliphatic carbocycles. The standard InChI is InChI=1S/C9H18F2N2O2S.ClH/c10-9(11,6-12)7-13-16(14,15)5-4-8-2-1-3-8;/h8,13H,1-7,12H2;1H. The third-order valence-corrected chi connectivity index (χ3v) is 4.23. The first-order valence-electron chi connectivity index (χ1n) is 5.40. The maximum absolute atomic E-state index is 12.7. The van der Waals surface area contributed by atoms with E-state index >= 15 is 0 Å². The molecule has 3 N–H and O–H groups in total. The smallest absolute Gasteiger partial charge is 0.273 e. The molecule has 0 radical (unpaired) electrons. The molecule has 1 saturated carbocycles. The molecular weight excluding hydrogens is 274 g/mol. The van der Waals surface area contributed by atoms with E-state index in [-0.39, 0.29) is 18.2 Å². The molecule has 0 bridgehead atoms. The van der Waals surface area contributed by atoms with Gasteiger partial charge in [0.1, 0.15) is 0 Å². The van der Waals surface area contributed by atoms with E-state index < -0.39 is 29.0 Å². The lowest BCUT2D eigenvalue weighted by molar-refractivity contribution is 0.0170. The Bertz CT molecular complexity index is 321. The van der Waals surface area contributed by atoms with Crippen molar-refractivity contribution < 1.29 is 17.2 Å². The normalized spacial score (nSPS) is 17.4. The third kappa shape index (κ3) is 6.49. The van der Waals surface area contributed by atoms with Crippen LogP contribution in [0, 0.1) is 5.92 Å². The zero-order chi connectivity index (χ0) is 12.2. The molecule has 0 atom stereocenters. The van der Waals surface area contributed by atoms with Gasteiger partial charge in [0.2, 0.25) is 10.0 Å². The second-order valence-electron chi connectivity index (χ2n) is 4.29. The lowest BCUT2D eigenvalue weighted by Crippen LogP contribution is -2.42. The molecule has 0 heterocycles. The molecule has 0 aromatic carbocycles. The second kappa shape index (κ2) is 6.82. The van der Waals surface area contributed by atoms with Gasteiger partial charge in [-0.05, 0) is 12.3 Å². The Hall–Kier alpha value is 0.0200. The lowest BCUT2D eigenvalue weighted by Gasteiger charge is -2.25. The highest BCUT2D eigenvalue weighted by Crippen LogP contribution is 2.29. The van der Waals surface area contributed by atoms with Crippen LogP contribution in [0.5, 0.6) is 0 Å². The van der Waals surface area contributed by atoms with Crippen LogP contribution in [0.25, 0.3) is 0 Å². The zero-order valence-electron chi connectivity index (χ0n) is 9.49. The van der Waals surface area contributed by atoms with Crippen LogP contribution in [-0.4, -0.2) is 33.2 Å². The number of alkyl halides is 2. The molecule has 1 rings (SSSR count). The molecule has 0 saturated heterocycles. The highest BCUT2D eigenvalue weighted by atomic mass is 35.5. The second-order valence-corrected chi connectivity index (χ2v) is 6.21. The number of nitrogens with one attached hydrogen (secondary N) is 1. The number of sulfonamides is 1. The molecule has 0 spiro atoms. The number of hydrogen-bond acceptors (Lipinski definition) is 3. The van der Waals surface area contributed by atoms with Crippen molar-refractivity contribution in [2.75, 3.05) is 18.8 Å². The number of hydrogen-bond donors (Lipinski definition) is 2. The van der Waals surface area contributed by atoms with Crippen LogP contribution in [0.3, 0.4) is 0 Å². The van der Waals surface area contributed by atoms with E-state index in [4.69, 9.17) is 5.73 Å². The quantitative estimate of drug-likeness (QED) is 0.738. The molecule has 0 unspecified atom stereocenters. The van der Waals surface area contributed by atoms with Crippen molar-refractivity contribution in [2.24, 2.45) is 11.7 Å². The van der Waals surface area contributed by atoms with Gasteiger partial charge in [0.15, 0.2) is 0 Å². The van der Waals surface area contributed by atoms with Gasteiger partial charge in [-0.15, -0.1) is 12.4 Å². The zero-order valence-corrected chi connectivity index (χ0v) is 11.1.